The summed E-state index contributed by atoms with van der Waals surface area (Å²) >= 11 is 5.25. The Labute approximate surface area is 166 Å². The maximum atomic E-state index is 11.1. The van der Waals surface area contributed by atoms with Gasteiger partial charge >= 0.3 is 0 Å². The van der Waals surface area contributed by atoms with Crippen molar-refractivity contribution in [2.24, 2.45) is 5.10 Å². The van der Waals surface area contributed by atoms with Crippen molar-refractivity contribution in [2.75, 3.05) is 19.0 Å². The van der Waals surface area contributed by atoms with Crippen molar-refractivity contribution in [1.82, 2.24) is 14.9 Å². The summed E-state index contributed by atoms with van der Waals surface area (Å²) in [7, 11) is 3.94. The van der Waals surface area contributed by atoms with Gasteiger partial charge in [-0.2, -0.15) is 14.9 Å². The summed E-state index contributed by atoms with van der Waals surface area (Å²) in [5, 5.41) is 22.3. The number of aromatic nitrogens is 3. The first-order valence-corrected chi connectivity index (χ1v) is 8.78. The Morgan fingerprint density at radius 1 is 1.21 bits per heavy atom. The van der Waals surface area contributed by atoms with Gasteiger partial charge in [-0.15, -0.1) is 0 Å². The molecule has 9 heteroatoms. The summed E-state index contributed by atoms with van der Waals surface area (Å²) < 4.78 is 1.85. The fourth-order valence-corrected chi connectivity index (χ4v) is 2.72. The zero-order chi connectivity index (χ0) is 20.1. The van der Waals surface area contributed by atoms with Crippen molar-refractivity contribution >= 4 is 35.9 Å². The molecule has 3 aromatic rings. The van der Waals surface area contributed by atoms with Crippen LogP contribution < -0.4 is 4.90 Å². The Kier molecular flexibility index (Phi) is 5.75. The van der Waals surface area contributed by atoms with E-state index in [4.69, 9.17) is 12.2 Å². The lowest BCUT2D eigenvalue weighted by Gasteiger charge is -2.12. The molecule has 0 radical (unpaired) electrons. The SMILES string of the molecule is CN(C)c1ccc(-c2n[nH]c(=S)n2N=CC=Cc2ccccc2[N+](=O)[O-])cc1. The van der Waals surface area contributed by atoms with Crippen LogP contribution in [0.4, 0.5) is 11.4 Å². The van der Waals surface area contributed by atoms with Gasteiger partial charge in [0.15, 0.2) is 5.82 Å². The van der Waals surface area contributed by atoms with Crippen LogP contribution >= 0.6 is 12.2 Å². The molecule has 0 fully saturated rings. The fourth-order valence-electron chi connectivity index (χ4n) is 2.54. The predicted octanol–water partition coefficient (Wildman–Crippen LogP) is 4.13. The quantitative estimate of drug-likeness (QED) is 0.294. The number of para-hydroxylation sites is 1. The summed E-state index contributed by atoms with van der Waals surface area (Å²) in [5.74, 6) is 0.575. The van der Waals surface area contributed by atoms with Gasteiger partial charge in [0.25, 0.3) is 5.69 Å². The Morgan fingerprint density at radius 2 is 1.93 bits per heavy atom. The van der Waals surface area contributed by atoms with Crippen molar-refractivity contribution in [3.63, 3.8) is 0 Å². The number of nitrogens with zero attached hydrogens (tertiary/aromatic N) is 5. The molecule has 0 spiro atoms. The highest BCUT2D eigenvalue weighted by molar-refractivity contribution is 7.71. The van der Waals surface area contributed by atoms with E-state index in [1.54, 1.807) is 30.4 Å². The second-order valence-electron chi connectivity index (χ2n) is 6.05. The topological polar surface area (TPSA) is 92.3 Å². The maximum Gasteiger partial charge on any atom is 0.276 e. The lowest BCUT2D eigenvalue weighted by molar-refractivity contribution is -0.385. The van der Waals surface area contributed by atoms with Crippen LogP contribution in [0.2, 0.25) is 0 Å². The number of nitro benzene ring substituents is 1. The fraction of sp³-hybridized carbons (Fsp3) is 0.105. The molecule has 0 aliphatic rings. The Balaban J connectivity index is 1.85. The molecule has 3 rings (SSSR count). The number of benzene rings is 2. The van der Waals surface area contributed by atoms with Gasteiger partial charge in [-0.1, -0.05) is 12.1 Å². The van der Waals surface area contributed by atoms with E-state index < -0.39 is 4.92 Å². The van der Waals surface area contributed by atoms with Crippen LogP contribution in [0.15, 0.2) is 59.7 Å². The average Bonchev–Trinajstić information content (AvgIpc) is 3.06. The highest BCUT2D eigenvalue weighted by atomic mass is 32.1. The molecule has 0 aliphatic carbocycles. The van der Waals surface area contributed by atoms with Gasteiger partial charge in [-0.3, -0.25) is 10.1 Å². The largest absolute Gasteiger partial charge is 0.378 e. The monoisotopic (exact) mass is 394 g/mol. The molecule has 1 N–H and O–H groups in total. The van der Waals surface area contributed by atoms with E-state index in [0.717, 1.165) is 11.3 Å². The van der Waals surface area contributed by atoms with E-state index in [1.165, 1.54) is 17.0 Å². The van der Waals surface area contributed by atoms with Gasteiger partial charge in [0.2, 0.25) is 4.77 Å². The number of anilines is 1. The van der Waals surface area contributed by atoms with Crippen LogP contribution in [0, 0.1) is 14.9 Å². The van der Waals surface area contributed by atoms with Gasteiger partial charge in [0.05, 0.1) is 10.5 Å². The minimum absolute atomic E-state index is 0.0359. The molecule has 142 valence electrons. The second kappa shape index (κ2) is 8.40. The Morgan fingerprint density at radius 3 is 2.61 bits per heavy atom. The van der Waals surface area contributed by atoms with Crippen LogP contribution in [0.1, 0.15) is 5.56 Å². The van der Waals surface area contributed by atoms with Gasteiger partial charge in [-0.25, -0.2) is 5.10 Å². The van der Waals surface area contributed by atoms with Crippen LogP contribution in [-0.4, -0.2) is 40.1 Å². The molecule has 0 amide bonds. The van der Waals surface area contributed by atoms with Gasteiger partial charge in [-0.05, 0) is 54.7 Å². The number of allylic oxidation sites excluding steroid dienone is 1. The van der Waals surface area contributed by atoms with Crippen molar-refractivity contribution in [1.29, 1.82) is 0 Å². The van der Waals surface area contributed by atoms with Crippen molar-refractivity contribution in [3.05, 3.63) is 75.1 Å². The molecule has 2 aromatic carbocycles. The highest BCUT2D eigenvalue weighted by Gasteiger charge is 2.09. The number of hydrogen-bond donors (Lipinski definition) is 1. The average molecular weight is 394 g/mol. The number of nitrogens with one attached hydrogen (secondary N) is 1. The summed E-state index contributed by atoms with van der Waals surface area (Å²) in [6.07, 6.45) is 4.76. The summed E-state index contributed by atoms with van der Waals surface area (Å²) in [4.78, 5) is 12.6. The molecule has 1 heterocycles. The van der Waals surface area contributed by atoms with Gasteiger partial charge in [0.1, 0.15) is 0 Å². The van der Waals surface area contributed by atoms with E-state index in [0.29, 0.717) is 16.2 Å². The van der Waals surface area contributed by atoms with Gasteiger partial charge in [0, 0.05) is 37.6 Å². The molecule has 0 aliphatic heterocycles. The highest BCUT2D eigenvalue weighted by Crippen LogP contribution is 2.21. The molecule has 0 bridgehead atoms. The lowest BCUT2D eigenvalue weighted by atomic mass is 10.1. The van der Waals surface area contributed by atoms with Crippen LogP contribution in [0.5, 0.6) is 0 Å². The summed E-state index contributed by atoms with van der Waals surface area (Å²) in [6, 6.07) is 14.3. The third-order valence-electron chi connectivity index (χ3n) is 3.97. The molecule has 0 saturated heterocycles. The number of rotatable bonds is 6. The Hall–Kier alpha value is -3.59. The minimum atomic E-state index is -0.418. The second-order valence-corrected chi connectivity index (χ2v) is 6.43. The first-order valence-electron chi connectivity index (χ1n) is 8.37. The van der Waals surface area contributed by atoms with E-state index in [2.05, 4.69) is 15.3 Å². The lowest BCUT2D eigenvalue weighted by Crippen LogP contribution is -2.08. The van der Waals surface area contributed by atoms with Crippen molar-refractivity contribution in [3.8, 4) is 11.4 Å². The number of hydrogen-bond acceptors (Lipinski definition) is 6. The first-order chi connectivity index (χ1) is 13.5. The molecule has 8 nitrogen and oxygen atoms in total. The molecular formula is C19H18N6O2S. The van der Waals surface area contributed by atoms with Crippen LogP contribution in [0.3, 0.4) is 0 Å². The first kappa shape index (κ1) is 19.2. The predicted molar refractivity (Wildman–Crippen MR) is 113 cm³/mol. The van der Waals surface area contributed by atoms with Crippen molar-refractivity contribution < 1.29 is 4.92 Å². The standard InChI is InChI=1S/C19H18N6O2S/c1-23(2)16-11-9-15(10-12-16)18-21-22-19(28)24(18)20-13-5-7-14-6-3-4-8-17(14)25(26)27/h3-13H,1-2H3,(H,22,28). The molecule has 0 saturated carbocycles. The number of aromatic amines is 1. The van der Waals surface area contributed by atoms with Gasteiger partial charge < -0.3 is 4.90 Å². The molecule has 28 heavy (non-hydrogen) atoms. The molecule has 0 unspecified atom stereocenters. The summed E-state index contributed by atoms with van der Waals surface area (Å²) in [5.41, 5.74) is 2.46. The number of H-pyrrole nitrogens is 1. The van der Waals surface area contributed by atoms with Crippen molar-refractivity contribution in [2.45, 2.75) is 0 Å². The van der Waals surface area contributed by atoms with E-state index in [9.17, 15) is 10.1 Å². The van der Waals surface area contributed by atoms with E-state index in [-0.39, 0.29) is 5.69 Å². The third-order valence-corrected chi connectivity index (χ3v) is 4.23. The Bertz CT molecular complexity index is 1100. The summed E-state index contributed by atoms with van der Waals surface area (Å²) in [6.45, 7) is 0. The van der Waals surface area contributed by atoms with E-state index >= 15 is 0 Å². The number of nitro groups is 1. The zero-order valence-electron chi connectivity index (χ0n) is 15.3. The normalized spacial score (nSPS) is 11.4. The smallest absolute Gasteiger partial charge is 0.276 e. The van der Waals surface area contributed by atoms with E-state index in [1.807, 2.05) is 43.3 Å². The maximum absolute atomic E-state index is 11.1. The molecule has 1 aromatic heterocycles. The minimum Gasteiger partial charge on any atom is -0.378 e. The zero-order valence-corrected chi connectivity index (χ0v) is 16.1. The van der Waals surface area contributed by atoms with Crippen LogP contribution in [-0.2, 0) is 0 Å². The van der Waals surface area contributed by atoms with Crippen LogP contribution in [0.25, 0.3) is 17.5 Å². The molecule has 0 atom stereocenters. The molecular weight excluding hydrogens is 376 g/mol. The third kappa shape index (κ3) is 4.21.